The molecule has 1 heterocycles. The molecule has 1 atom stereocenters. The molecule has 0 spiro atoms. The first-order chi connectivity index (χ1) is 10.7. The van der Waals surface area contributed by atoms with E-state index in [0.717, 1.165) is 23.0 Å². The molecule has 7 heteroatoms. The zero-order valence-electron chi connectivity index (χ0n) is 13.7. The summed E-state index contributed by atoms with van der Waals surface area (Å²) in [7, 11) is 3.43. The molecule has 2 rings (SSSR count). The van der Waals surface area contributed by atoms with E-state index in [1.165, 1.54) is 0 Å². The fourth-order valence-electron chi connectivity index (χ4n) is 2.10. The molecule has 0 radical (unpaired) electrons. The van der Waals surface area contributed by atoms with Crippen LogP contribution < -0.4 is 10.6 Å². The smallest absolute Gasteiger partial charge is 0.191 e. The lowest BCUT2D eigenvalue weighted by Crippen LogP contribution is -2.43. The Morgan fingerprint density at radius 1 is 1.35 bits per heavy atom. The zero-order chi connectivity index (χ0) is 15.8. The molecule has 0 saturated carbocycles. The third kappa shape index (κ3) is 6.19. The second-order valence-electron chi connectivity index (χ2n) is 5.04. The van der Waals surface area contributed by atoms with Crippen LogP contribution in [0.15, 0.2) is 41.5 Å². The van der Waals surface area contributed by atoms with Crippen molar-refractivity contribution in [2.75, 3.05) is 20.8 Å². The minimum Gasteiger partial charge on any atom is -0.383 e. The number of guanidine groups is 1. The number of halogens is 1. The predicted molar refractivity (Wildman–Crippen MR) is 104 cm³/mol. The molecule has 0 bridgehead atoms. The lowest BCUT2D eigenvalue weighted by atomic mass is 10.2. The van der Waals surface area contributed by atoms with Crippen molar-refractivity contribution >= 4 is 29.9 Å². The van der Waals surface area contributed by atoms with Gasteiger partial charge in [-0.3, -0.25) is 4.99 Å². The SMILES string of the molecule is CN=C(NCc1ncc(-c2ccccc2)[nH]1)NC(C)COC.I. The summed E-state index contributed by atoms with van der Waals surface area (Å²) in [5.41, 5.74) is 2.13. The van der Waals surface area contributed by atoms with Crippen LogP contribution >= 0.6 is 24.0 Å². The largest absolute Gasteiger partial charge is 0.383 e. The molecule has 1 unspecified atom stereocenters. The van der Waals surface area contributed by atoms with Crippen LogP contribution in [0.2, 0.25) is 0 Å². The van der Waals surface area contributed by atoms with Crippen molar-refractivity contribution in [1.82, 2.24) is 20.6 Å². The van der Waals surface area contributed by atoms with E-state index in [1.54, 1.807) is 14.2 Å². The topological polar surface area (TPSA) is 74.3 Å². The standard InChI is InChI=1S/C16H23N5O.HI/c1-12(11-22-3)20-16(17-2)19-10-15-18-9-14(21-15)13-7-5-4-6-8-13;/h4-9,12H,10-11H2,1-3H3,(H,18,21)(H2,17,19,20);1H. The van der Waals surface area contributed by atoms with Gasteiger partial charge < -0.3 is 20.4 Å². The Hall–Kier alpha value is -1.61. The number of ether oxygens (including phenoxy) is 1. The van der Waals surface area contributed by atoms with Gasteiger partial charge in [0.15, 0.2) is 5.96 Å². The van der Waals surface area contributed by atoms with Gasteiger partial charge in [0.2, 0.25) is 0 Å². The second-order valence-corrected chi connectivity index (χ2v) is 5.04. The molecule has 1 aromatic carbocycles. The lowest BCUT2D eigenvalue weighted by Gasteiger charge is -2.16. The normalized spacial score (nSPS) is 12.4. The highest BCUT2D eigenvalue weighted by atomic mass is 127. The van der Waals surface area contributed by atoms with Crippen LogP contribution in [-0.2, 0) is 11.3 Å². The van der Waals surface area contributed by atoms with Crippen LogP contribution in [0.25, 0.3) is 11.3 Å². The minimum absolute atomic E-state index is 0. The highest BCUT2D eigenvalue weighted by Crippen LogP contribution is 2.15. The number of rotatable bonds is 6. The zero-order valence-corrected chi connectivity index (χ0v) is 16.0. The summed E-state index contributed by atoms with van der Waals surface area (Å²) >= 11 is 0. The molecule has 0 aliphatic heterocycles. The Morgan fingerprint density at radius 2 is 2.09 bits per heavy atom. The van der Waals surface area contributed by atoms with Crippen molar-refractivity contribution < 1.29 is 4.74 Å². The van der Waals surface area contributed by atoms with E-state index in [9.17, 15) is 0 Å². The van der Waals surface area contributed by atoms with E-state index in [1.807, 2.05) is 31.3 Å². The number of imidazole rings is 1. The summed E-state index contributed by atoms with van der Waals surface area (Å²) in [5.74, 6) is 1.59. The second kappa shape index (κ2) is 10.2. The Labute approximate surface area is 154 Å². The molecule has 126 valence electrons. The number of nitrogens with one attached hydrogen (secondary N) is 3. The van der Waals surface area contributed by atoms with Gasteiger partial charge in [0, 0.05) is 20.2 Å². The van der Waals surface area contributed by atoms with Crippen molar-refractivity contribution in [3.8, 4) is 11.3 Å². The number of nitrogens with zero attached hydrogens (tertiary/aromatic N) is 2. The van der Waals surface area contributed by atoms with Gasteiger partial charge in [-0.1, -0.05) is 30.3 Å². The van der Waals surface area contributed by atoms with E-state index in [-0.39, 0.29) is 30.0 Å². The molecular weight excluding hydrogens is 405 g/mol. The number of H-pyrrole nitrogens is 1. The van der Waals surface area contributed by atoms with E-state index in [2.05, 4.69) is 37.7 Å². The highest BCUT2D eigenvalue weighted by molar-refractivity contribution is 14.0. The number of aromatic nitrogens is 2. The maximum Gasteiger partial charge on any atom is 0.191 e. The van der Waals surface area contributed by atoms with Crippen molar-refractivity contribution in [1.29, 1.82) is 0 Å². The van der Waals surface area contributed by atoms with Gasteiger partial charge in [-0.25, -0.2) is 4.98 Å². The maximum absolute atomic E-state index is 5.10. The van der Waals surface area contributed by atoms with Crippen molar-refractivity contribution in [3.05, 3.63) is 42.4 Å². The van der Waals surface area contributed by atoms with Crippen molar-refractivity contribution in [2.45, 2.75) is 19.5 Å². The summed E-state index contributed by atoms with van der Waals surface area (Å²) in [5, 5.41) is 6.48. The number of aliphatic imine (C=N–C) groups is 1. The number of hydrogen-bond acceptors (Lipinski definition) is 3. The molecule has 0 saturated heterocycles. The van der Waals surface area contributed by atoms with Gasteiger partial charge >= 0.3 is 0 Å². The molecule has 0 aliphatic rings. The maximum atomic E-state index is 5.10. The van der Waals surface area contributed by atoms with Crippen LogP contribution in [0, 0.1) is 0 Å². The molecule has 0 amide bonds. The van der Waals surface area contributed by atoms with Gasteiger partial charge in [-0.15, -0.1) is 24.0 Å². The number of methoxy groups -OCH3 is 1. The fraction of sp³-hybridized carbons (Fsp3) is 0.375. The average molecular weight is 429 g/mol. The van der Waals surface area contributed by atoms with Crippen LogP contribution in [0.3, 0.4) is 0 Å². The van der Waals surface area contributed by atoms with Gasteiger partial charge in [-0.2, -0.15) is 0 Å². The molecule has 3 N–H and O–H groups in total. The van der Waals surface area contributed by atoms with Crippen molar-refractivity contribution in [2.24, 2.45) is 4.99 Å². The van der Waals surface area contributed by atoms with E-state index in [0.29, 0.717) is 13.2 Å². The summed E-state index contributed by atoms with van der Waals surface area (Å²) in [6.07, 6.45) is 1.84. The van der Waals surface area contributed by atoms with Crippen molar-refractivity contribution in [3.63, 3.8) is 0 Å². The van der Waals surface area contributed by atoms with Crippen LogP contribution in [0.4, 0.5) is 0 Å². The van der Waals surface area contributed by atoms with Gasteiger partial charge in [0.25, 0.3) is 0 Å². The molecule has 6 nitrogen and oxygen atoms in total. The van der Waals surface area contributed by atoms with Crippen LogP contribution in [0.1, 0.15) is 12.7 Å². The Balaban J connectivity index is 0.00000264. The summed E-state index contributed by atoms with van der Waals surface area (Å²) in [4.78, 5) is 11.9. The Bertz CT molecular complexity index is 600. The summed E-state index contributed by atoms with van der Waals surface area (Å²) in [6, 6.07) is 10.3. The van der Waals surface area contributed by atoms with Crippen LogP contribution in [0.5, 0.6) is 0 Å². The monoisotopic (exact) mass is 429 g/mol. The number of hydrogen-bond donors (Lipinski definition) is 3. The lowest BCUT2D eigenvalue weighted by molar-refractivity contribution is 0.179. The van der Waals surface area contributed by atoms with Gasteiger partial charge in [-0.05, 0) is 12.5 Å². The molecule has 2 aromatic rings. The molecule has 1 aromatic heterocycles. The third-order valence-electron chi connectivity index (χ3n) is 3.16. The van der Waals surface area contributed by atoms with E-state index in [4.69, 9.17) is 4.74 Å². The highest BCUT2D eigenvalue weighted by Gasteiger charge is 2.06. The summed E-state index contributed by atoms with van der Waals surface area (Å²) < 4.78 is 5.10. The van der Waals surface area contributed by atoms with E-state index >= 15 is 0 Å². The fourth-order valence-corrected chi connectivity index (χ4v) is 2.10. The quantitative estimate of drug-likeness (QED) is 0.375. The molecule has 23 heavy (non-hydrogen) atoms. The minimum atomic E-state index is 0. The van der Waals surface area contributed by atoms with E-state index < -0.39 is 0 Å². The van der Waals surface area contributed by atoms with Gasteiger partial charge in [0.05, 0.1) is 25.0 Å². The average Bonchev–Trinajstić information content (AvgIpc) is 3.01. The number of benzene rings is 1. The molecular formula is C16H24IN5O. The predicted octanol–water partition coefficient (Wildman–Crippen LogP) is 2.39. The number of aromatic amines is 1. The third-order valence-corrected chi connectivity index (χ3v) is 3.16. The Morgan fingerprint density at radius 3 is 2.74 bits per heavy atom. The first kappa shape index (κ1) is 19.4. The van der Waals surface area contributed by atoms with Crippen LogP contribution in [-0.4, -0.2) is 42.7 Å². The first-order valence-electron chi connectivity index (χ1n) is 7.28. The molecule has 0 aliphatic carbocycles. The first-order valence-corrected chi connectivity index (χ1v) is 7.28. The summed E-state index contributed by atoms with van der Waals surface area (Å²) in [6.45, 7) is 3.24. The molecule has 0 fully saturated rings. The van der Waals surface area contributed by atoms with Gasteiger partial charge in [0.1, 0.15) is 5.82 Å². The Kier molecular flexibility index (Phi) is 8.64.